The van der Waals surface area contributed by atoms with Crippen molar-refractivity contribution in [3.05, 3.63) is 54.0 Å². The Kier molecular flexibility index (Phi) is 7.01. The molecule has 0 aliphatic heterocycles. The number of amides is 2. The Bertz CT molecular complexity index is 944. The summed E-state index contributed by atoms with van der Waals surface area (Å²) in [6, 6.07) is 9.24. The lowest BCUT2D eigenvalue weighted by Gasteiger charge is -2.19. The highest BCUT2D eigenvalue weighted by Gasteiger charge is 2.18. The summed E-state index contributed by atoms with van der Waals surface area (Å²) in [5, 5.41) is 10.7. The van der Waals surface area contributed by atoms with Crippen molar-refractivity contribution in [1.29, 1.82) is 0 Å². The number of carbonyl (C=O) groups excluding carboxylic acids is 2. The number of hydrogen-bond donors (Lipinski definition) is 1. The second-order valence-electron chi connectivity index (χ2n) is 5.95. The van der Waals surface area contributed by atoms with Crippen LogP contribution in [0.2, 0.25) is 0 Å². The molecular weight excluding hydrogens is 399 g/mol. The molecule has 0 aliphatic rings. The summed E-state index contributed by atoms with van der Waals surface area (Å²) >= 11 is 1.09. The van der Waals surface area contributed by atoms with Crippen LogP contribution in [0, 0.1) is 5.82 Å². The van der Waals surface area contributed by atoms with Crippen molar-refractivity contribution in [2.75, 3.05) is 18.8 Å². The Hall–Kier alpha value is -3.14. The highest BCUT2D eigenvalue weighted by molar-refractivity contribution is 7.99. The maximum atomic E-state index is 12.9. The molecule has 2 aromatic heterocycles. The average molecular weight is 418 g/mol. The third-order valence-corrected chi connectivity index (χ3v) is 4.73. The topological polar surface area (TPSA) is 101 Å². The number of benzene rings is 1. The van der Waals surface area contributed by atoms with Crippen LogP contribution in [0.5, 0.6) is 0 Å². The lowest BCUT2D eigenvalue weighted by Crippen LogP contribution is -2.41. The first-order valence-electron chi connectivity index (χ1n) is 8.84. The maximum absolute atomic E-state index is 12.9. The number of nitrogens with zero attached hydrogens (tertiary/aromatic N) is 3. The first-order valence-corrected chi connectivity index (χ1v) is 9.83. The van der Waals surface area contributed by atoms with Crippen LogP contribution < -0.4 is 5.32 Å². The molecule has 0 spiro atoms. The molecule has 3 rings (SSSR count). The van der Waals surface area contributed by atoms with Gasteiger partial charge in [0.15, 0.2) is 5.76 Å². The molecule has 29 heavy (non-hydrogen) atoms. The molecule has 0 saturated heterocycles. The molecule has 0 aliphatic carbocycles. The molecule has 152 valence electrons. The minimum absolute atomic E-state index is 0.0544. The number of halogens is 1. The van der Waals surface area contributed by atoms with E-state index in [0.29, 0.717) is 12.3 Å². The van der Waals surface area contributed by atoms with Gasteiger partial charge >= 0.3 is 0 Å². The predicted octanol–water partition coefficient (Wildman–Crippen LogP) is 2.73. The van der Waals surface area contributed by atoms with E-state index >= 15 is 0 Å². The Labute approximate surface area is 170 Å². The fourth-order valence-electron chi connectivity index (χ4n) is 2.39. The van der Waals surface area contributed by atoms with Crippen LogP contribution in [-0.4, -0.2) is 45.8 Å². The van der Waals surface area contributed by atoms with Gasteiger partial charge in [-0.15, -0.1) is 10.2 Å². The summed E-state index contributed by atoms with van der Waals surface area (Å²) in [7, 11) is 0. The van der Waals surface area contributed by atoms with Crippen LogP contribution in [-0.2, 0) is 16.1 Å². The smallest absolute Gasteiger partial charge is 0.284 e. The van der Waals surface area contributed by atoms with Gasteiger partial charge in [-0.2, -0.15) is 0 Å². The number of furan rings is 1. The quantitative estimate of drug-likeness (QED) is 0.533. The largest absolute Gasteiger partial charge is 0.459 e. The fraction of sp³-hybridized carbons (Fsp3) is 0.263. The maximum Gasteiger partial charge on any atom is 0.284 e. The van der Waals surface area contributed by atoms with E-state index in [9.17, 15) is 14.0 Å². The van der Waals surface area contributed by atoms with Gasteiger partial charge in [0.25, 0.3) is 11.1 Å². The van der Waals surface area contributed by atoms with Crippen LogP contribution in [0.3, 0.4) is 0 Å². The summed E-state index contributed by atoms with van der Waals surface area (Å²) in [6.45, 7) is 2.36. The van der Waals surface area contributed by atoms with Crippen molar-refractivity contribution in [3.63, 3.8) is 0 Å². The van der Waals surface area contributed by atoms with Gasteiger partial charge < -0.3 is 19.1 Å². The summed E-state index contributed by atoms with van der Waals surface area (Å²) in [6.07, 6.45) is 1.50. The van der Waals surface area contributed by atoms with Crippen LogP contribution in [0.1, 0.15) is 12.5 Å². The number of hydrogen-bond acceptors (Lipinski definition) is 7. The van der Waals surface area contributed by atoms with E-state index in [1.807, 2.05) is 0 Å². The molecule has 10 heteroatoms. The minimum atomic E-state index is -0.335. The van der Waals surface area contributed by atoms with E-state index in [0.717, 1.165) is 17.3 Å². The molecule has 1 aromatic carbocycles. The average Bonchev–Trinajstić information content (AvgIpc) is 3.41. The third-order valence-electron chi connectivity index (χ3n) is 3.93. The Morgan fingerprint density at radius 3 is 2.69 bits per heavy atom. The highest BCUT2D eigenvalue weighted by atomic mass is 32.2. The van der Waals surface area contributed by atoms with Gasteiger partial charge in [0.1, 0.15) is 5.82 Å². The zero-order chi connectivity index (χ0) is 20.6. The Morgan fingerprint density at radius 2 is 2.00 bits per heavy atom. The lowest BCUT2D eigenvalue weighted by atomic mass is 10.2. The van der Waals surface area contributed by atoms with Crippen LogP contribution in [0.15, 0.2) is 56.7 Å². The van der Waals surface area contributed by atoms with E-state index in [1.54, 1.807) is 31.2 Å². The van der Waals surface area contributed by atoms with E-state index in [2.05, 4.69) is 15.5 Å². The molecule has 2 heterocycles. The standard InChI is InChI=1S/C19H19FN4O4S/c1-2-24(11-16(25)21-10-13-5-7-14(20)8-6-13)17(26)12-29-19-23-22-18(28-19)15-4-3-9-27-15/h3-9H,2,10-12H2,1H3,(H,21,25). The first-order chi connectivity index (χ1) is 14.0. The van der Waals surface area contributed by atoms with E-state index in [-0.39, 0.29) is 47.6 Å². The summed E-state index contributed by atoms with van der Waals surface area (Å²) in [5.74, 6) is -0.127. The van der Waals surface area contributed by atoms with Gasteiger partial charge in [-0.3, -0.25) is 9.59 Å². The summed E-state index contributed by atoms with van der Waals surface area (Å²) in [4.78, 5) is 26.0. The second-order valence-corrected chi connectivity index (χ2v) is 6.88. The molecule has 1 N–H and O–H groups in total. The molecule has 0 atom stereocenters. The van der Waals surface area contributed by atoms with Crippen LogP contribution >= 0.6 is 11.8 Å². The number of rotatable bonds is 9. The molecule has 2 amide bonds. The molecule has 8 nitrogen and oxygen atoms in total. The molecule has 0 saturated carbocycles. The van der Waals surface area contributed by atoms with Crippen LogP contribution in [0.25, 0.3) is 11.7 Å². The monoisotopic (exact) mass is 418 g/mol. The number of thioether (sulfide) groups is 1. The zero-order valence-corrected chi connectivity index (χ0v) is 16.4. The summed E-state index contributed by atoms with van der Waals surface area (Å²) in [5.41, 5.74) is 0.772. The van der Waals surface area contributed by atoms with Crippen molar-refractivity contribution in [3.8, 4) is 11.7 Å². The van der Waals surface area contributed by atoms with Crippen molar-refractivity contribution < 1.29 is 22.8 Å². The Balaban J connectivity index is 1.45. The SMILES string of the molecule is CCN(CC(=O)NCc1ccc(F)cc1)C(=O)CSc1nnc(-c2ccco2)o1. The first kappa shape index (κ1) is 20.6. The number of nitrogens with one attached hydrogen (secondary N) is 1. The molecule has 0 bridgehead atoms. The van der Waals surface area contributed by atoms with Crippen LogP contribution in [0.4, 0.5) is 4.39 Å². The van der Waals surface area contributed by atoms with E-state index in [1.165, 1.54) is 23.3 Å². The summed E-state index contributed by atoms with van der Waals surface area (Å²) < 4.78 is 23.5. The van der Waals surface area contributed by atoms with Gasteiger partial charge in [0.05, 0.1) is 18.6 Å². The molecule has 0 unspecified atom stereocenters. The normalized spacial score (nSPS) is 10.7. The van der Waals surface area contributed by atoms with Gasteiger partial charge in [-0.1, -0.05) is 23.9 Å². The predicted molar refractivity (Wildman–Crippen MR) is 103 cm³/mol. The van der Waals surface area contributed by atoms with Gasteiger partial charge in [0.2, 0.25) is 11.8 Å². The Morgan fingerprint density at radius 1 is 1.21 bits per heavy atom. The van der Waals surface area contributed by atoms with Crippen molar-refractivity contribution in [2.24, 2.45) is 0 Å². The molecule has 0 fully saturated rings. The molecule has 3 aromatic rings. The van der Waals surface area contributed by atoms with Gasteiger partial charge in [-0.05, 0) is 36.8 Å². The van der Waals surface area contributed by atoms with Gasteiger partial charge in [0, 0.05) is 13.1 Å². The number of aromatic nitrogens is 2. The third kappa shape index (κ3) is 5.92. The van der Waals surface area contributed by atoms with Crippen molar-refractivity contribution in [1.82, 2.24) is 20.4 Å². The zero-order valence-electron chi connectivity index (χ0n) is 15.6. The molecule has 0 radical (unpaired) electrons. The highest BCUT2D eigenvalue weighted by Crippen LogP contribution is 2.23. The number of likely N-dealkylation sites (N-methyl/N-ethyl adjacent to an activating group) is 1. The van der Waals surface area contributed by atoms with Crippen molar-refractivity contribution in [2.45, 2.75) is 18.7 Å². The lowest BCUT2D eigenvalue weighted by molar-refractivity contribution is -0.133. The van der Waals surface area contributed by atoms with E-state index in [4.69, 9.17) is 8.83 Å². The number of carbonyl (C=O) groups is 2. The molecular formula is C19H19FN4O4S. The minimum Gasteiger partial charge on any atom is -0.459 e. The van der Waals surface area contributed by atoms with E-state index < -0.39 is 0 Å². The second kappa shape index (κ2) is 9.87. The fourth-order valence-corrected chi connectivity index (χ4v) is 3.06. The van der Waals surface area contributed by atoms with Crippen molar-refractivity contribution >= 4 is 23.6 Å². The van der Waals surface area contributed by atoms with Gasteiger partial charge in [-0.25, -0.2) is 4.39 Å².